The fourth-order valence-corrected chi connectivity index (χ4v) is 2.54. The average Bonchev–Trinajstić information content (AvgIpc) is 2.98. The SMILES string of the molecule is O=C(O)C1Cc2ccccc2N(C(=O)Cn2ccnn2)C1. The third kappa shape index (κ3) is 2.62. The van der Waals surface area contributed by atoms with E-state index in [0.29, 0.717) is 6.42 Å². The molecule has 1 unspecified atom stereocenters. The number of carbonyl (C=O) groups is 2. The molecule has 108 valence electrons. The summed E-state index contributed by atoms with van der Waals surface area (Å²) >= 11 is 0. The van der Waals surface area contributed by atoms with Gasteiger partial charge in [-0.1, -0.05) is 23.4 Å². The third-order valence-electron chi connectivity index (χ3n) is 3.57. The maximum Gasteiger partial charge on any atom is 0.308 e. The number of carboxylic acid groups (broad SMARTS) is 1. The average molecular weight is 286 g/mol. The number of nitrogens with zero attached hydrogens (tertiary/aromatic N) is 4. The number of rotatable bonds is 3. The number of anilines is 1. The Bertz CT molecular complexity index is 669. The number of carboxylic acids is 1. The van der Waals surface area contributed by atoms with Crippen LogP contribution in [0.15, 0.2) is 36.7 Å². The summed E-state index contributed by atoms with van der Waals surface area (Å²) in [6, 6.07) is 7.39. The second kappa shape index (κ2) is 5.35. The highest BCUT2D eigenvalue weighted by molar-refractivity contribution is 5.95. The Kier molecular flexibility index (Phi) is 3.39. The highest BCUT2D eigenvalue weighted by atomic mass is 16.4. The third-order valence-corrected chi connectivity index (χ3v) is 3.57. The van der Waals surface area contributed by atoms with E-state index in [4.69, 9.17) is 0 Å². The molecule has 1 aliphatic heterocycles. The summed E-state index contributed by atoms with van der Waals surface area (Å²) in [5.74, 6) is -1.67. The molecule has 7 nitrogen and oxygen atoms in total. The van der Waals surface area contributed by atoms with Crippen molar-refractivity contribution >= 4 is 17.6 Å². The van der Waals surface area contributed by atoms with Gasteiger partial charge in [0.2, 0.25) is 5.91 Å². The first-order valence-electron chi connectivity index (χ1n) is 6.60. The van der Waals surface area contributed by atoms with Gasteiger partial charge in [-0.25, -0.2) is 4.68 Å². The Morgan fingerprint density at radius 3 is 2.86 bits per heavy atom. The highest BCUT2D eigenvalue weighted by Gasteiger charge is 2.32. The van der Waals surface area contributed by atoms with Crippen LogP contribution in [0.2, 0.25) is 0 Å². The van der Waals surface area contributed by atoms with Crippen LogP contribution in [-0.4, -0.2) is 38.5 Å². The van der Waals surface area contributed by atoms with Crippen LogP contribution < -0.4 is 4.90 Å². The van der Waals surface area contributed by atoms with Crippen molar-refractivity contribution in [2.24, 2.45) is 5.92 Å². The summed E-state index contributed by atoms with van der Waals surface area (Å²) in [7, 11) is 0. The molecule has 2 aromatic rings. The molecular formula is C14H14N4O3. The molecule has 0 spiro atoms. The zero-order chi connectivity index (χ0) is 14.8. The van der Waals surface area contributed by atoms with Crippen LogP contribution >= 0.6 is 0 Å². The van der Waals surface area contributed by atoms with Gasteiger partial charge in [-0.05, 0) is 18.1 Å². The fraction of sp³-hybridized carbons (Fsp3) is 0.286. The zero-order valence-corrected chi connectivity index (χ0v) is 11.2. The lowest BCUT2D eigenvalue weighted by Crippen LogP contribution is -2.44. The van der Waals surface area contributed by atoms with Crippen molar-refractivity contribution in [3.8, 4) is 0 Å². The molecule has 0 bridgehead atoms. The minimum atomic E-state index is -0.886. The number of amides is 1. The minimum absolute atomic E-state index is 0.0423. The van der Waals surface area contributed by atoms with Gasteiger partial charge >= 0.3 is 5.97 Å². The van der Waals surface area contributed by atoms with Crippen LogP contribution in [0.1, 0.15) is 5.56 Å². The van der Waals surface area contributed by atoms with Crippen LogP contribution in [0.25, 0.3) is 0 Å². The van der Waals surface area contributed by atoms with Crippen molar-refractivity contribution in [1.29, 1.82) is 0 Å². The van der Waals surface area contributed by atoms with E-state index in [1.54, 1.807) is 6.20 Å². The van der Waals surface area contributed by atoms with Crippen LogP contribution in [0, 0.1) is 5.92 Å². The van der Waals surface area contributed by atoms with Gasteiger partial charge in [0.15, 0.2) is 0 Å². The molecule has 1 atom stereocenters. The van der Waals surface area contributed by atoms with E-state index in [2.05, 4.69) is 10.3 Å². The van der Waals surface area contributed by atoms with E-state index >= 15 is 0 Å². The molecule has 1 aliphatic rings. The van der Waals surface area contributed by atoms with Crippen molar-refractivity contribution in [2.75, 3.05) is 11.4 Å². The van der Waals surface area contributed by atoms with Gasteiger partial charge in [0.05, 0.1) is 12.1 Å². The maximum atomic E-state index is 12.4. The molecular weight excluding hydrogens is 272 g/mol. The first-order chi connectivity index (χ1) is 10.1. The van der Waals surface area contributed by atoms with Gasteiger partial charge in [0.25, 0.3) is 0 Å². The van der Waals surface area contributed by atoms with E-state index in [1.165, 1.54) is 15.8 Å². The highest BCUT2D eigenvalue weighted by Crippen LogP contribution is 2.29. The second-order valence-corrected chi connectivity index (χ2v) is 4.97. The predicted molar refractivity (Wildman–Crippen MR) is 73.6 cm³/mol. The number of para-hydroxylation sites is 1. The Morgan fingerprint density at radius 2 is 2.14 bits per heavy atom. The van der Waals surface area contributed by atoms with Crippen molar-refractivity contribution in [3.63, 3.8) is 0 Å². The standard InChI is InChI=1S/C14H14N4O3/c19-13(9-17-6-5-15-16-17)18-8-11(14(20)21)7-10-3-1-2-4-12(10)18/h1-6,11H,7-9H2,(H,20,21). The lowest BCUT2D eigenvalue weighted by atomic mass is 9.92. The van der Waals surface area contributed by atoms with Crippen molar-refractivity contribution in [1.82, 2.24) is 15.0 Å². The summed E-state index contributed by atoms with van der Waals surface area (Å²) < 4.78 is 1.43. The molecule has 3 rings (SSSR count). The largest absolute Gasteiger partial charge is 0.481 e. The van der Waals surface area contributed by atoms with Crippen molar-refractivity contribution in [2.45, 2.75) is 13.0 Å². The molecule has 0 fully saturated rings. The van der Waals surface area contributed by atoms with E-state index in [0.717, 1.165) is 11.3 Å². The quantitative estimate of drug-likeness (QED) is 0.891. The number of aromatic nitrogens is 3. The number of aliphatic carboxylic acids is 1. The Hall–Kier alpha value is -2.70. The van der Waals surface area contributed by atoms with Crippen LogP contribution in [0.3, 0.4) is 0 Å². The Balaban J connectivity index is 1.89. The maximum absolute atomic E-state index is 12.4. The molecule has 1 aromatic heterocycles. The van der Waals surface area contributed by atoms with E-state index in [9.17, 15) is 14.7 Å². The number of hydrogen-bond acceptors (Lipinski definition) is 4. The number of hydrogen-bond donors (Lipinski definition) is 1. The predicted octanol–water partition coefficient (Wildman–Crippen LogP) is 0.568. The van der Waals surface area contributed by atoms with Gasteiger partial charge in [-0.2, -0.15) is 0 Å². The van der Waals surface area contributed by atoms with Gasteiger partial charge in [-0.3, -0.25) is 9.59 Å². The van der Waals surface area contributed by atoms with Gasteiger partial charge in [-0.15, -0.1) is 5.10 Å². The normalized spacial score (nSPS) is 17.3. The Labute approximate surface area is 120 Å². The van der Waals surface area contributed by atoms with Crippen LogP contribution in [-0.2, 0) is 22.6 Å². The summed E-state index contributed by atoms with van der Waals surface area (Å²) in [5, 5.41) is 16.7. The molecule has 0 saturated heterocycles. The first-order valence-corrected chi connectivity index (χ1v) is 6.60. The summed E-state index contributed by atoms with van der Waals surface area (Å²) in [6.07, 6.45) is 3.54. The molecule has 7 heteroatoms. The van der Waals surface area contributed by atoms with Gasteiger partial charge in [0.1, 0.15) is 6.54 Å². The lowest BCUT2D eigenvalue weighted by Gasteiger charge is -2.32. The molecule has 1 N–H and O–H groups in total. The monoisotopic (exact) mass is 286 g/mol. The molecule has 0 aliphatic carbocycles. The van der Waals surface area contributed by atoms with Crippen LogP contribution in [0.5, 0.6) is 0 Å². The van der Waals surface area contributed by atoms with Gasteiger partial charge in [0, 0.05) is 18.4 Å². The zero-order valence-electron chi connectivity index (χ0n) is 11.2. The molecule has 1 aromatic carbocycles. The minimum Gasteiger partial charge on any atom is -0.481 e. The van der Waals surface area contributed by atoms with Gasteiger partial charge < -0.3 is 10.0 Å². The number of carbonyl (C=O) groups excluding carboxylic acids is 1. The number of fused-ring (bicyclic) bond motifs is 1. The first kappa shape index (κ1) is 13.3. The van der Waals surface area contributed by atoms with Crippen molar-refractivity contribution < 1.29 is 14.7 Å². The topological polar surface area (TPSA) is 88.3 Å². The smallest absolute Gasteiger partial charge is 0.308 e. The summed E-state index contributed by atoms with van der Waals surface area (Å²) in [6.45, 7) is 0.223. The lowest BCUT2D eigenvalue weighted by molar-refractivity contribution is -0.141. The van der Waals surface area contributed by atoms with E-state index < -0.39 is 11.9 Å². The van der Waals surface area contributed by atoms with Crippen molar-refractivity contribution in [3.05, 3.63) is 42.2 Å². The molecule has 2 heterocycles. The molecule has 1 amide bonds. The number of benzene rings is 1. The van der Waals surface area contributed by atoms with Crippen LogP contribution in [0.4, 0.5) is 5.69 Å². The van der Waals surface area contributed by atoms with E-state index in [1.807, 2.05) is 24.3 Å². The Morgan fingerprint density at radius 1 is 1.33 bits per heavy atom. The molecule has 0 radical (unpaired) electrons. The molecule has 0 saturated carbocycles. The summed E-state index contributed by atoms with van der Waals surface area (Å²) in [4.78, 5) is 25.3. The van der Waals surface area contributed by atoms with E-state index in [-0.39, 0.29) is 19.0 Å². The summed E-state index contributed by atoms with van der Waals surface area (Å²) in [5.41, 5.74) is 1.66. The second-order valence-electron chi connectivity index (χ2n) is 4.97. The molecule has 21 heavy (non-hydrogen) atoms. The fourth-order valence-electron chi connectivity index (χ4n) is 2.54.